The molecule has 0 aliphatic rings. The van der Waals surface area contributed by atoms with Gasteiger partial charge in [-0.15, -0.1) is 0 Å². The molecule has 0 aromatic heterocycles. The molecule has 118 valence electrons. The first kappa shape index (κ1) is 16.9. The van der Waals surface area contributed by atoms with Gasteiger partial charge in [-0.05, 0) is 0 Å². The summed E-state index contributed by atoms with van der Waals surface area (Å²) < 4.78 is 78.0. The molecule has 21 heavy (non-hydrogen) atoms. The van der Waals surface area contributed by atoms with E-state index in [-0.39, 0.29) is 5.69 Å². The molecule has 0 spiro atoms. The van der Waals surface area contributed by atoms with Crippen molar-refractivity contribution in [2.75, 3.05) is 12.4 Å². The molecule has 0 saturated carbocycles. The maximum atomic E-state index is 12.3. The Morgan fingerprint density at radius 1 is 1.14 bits per heavy atom. The number of nitro groups is 1. The Hall–Kier alpha value is -2.20. The zero-order chi connectivity index (χ0) is 16.4. The van der Waals surface area contributed by atoms with E-state index in [0.29, 0.717) is 6.07 Å². The standard InChI is InChI=1S/C10H8F6N2O3/c1-17-5-2-6(18(19)20)4-7(3-5)21-8(9(11,12)13)10(14,15)16/h2-4,8,17H,1H3. The lowest BCUT2D eigenvalue weighted by molar-refractivity contribution is -0.385. The minimum Gasteiger partial charge on any atom is -0.471 e. The second-order valence-electron chi connectivity index (χ2n) is 3.80. The molecule has 1 rings (SSSR count). The van der Waals surface area contributed by atoms with Crippen LogP contribution in [0.15, 0.2) is 18.2 Å². The van der Waals surface area contributed by atoms with Gasteiger partial charge in [-0.3, -0.25) is 10.1 Å². The van der Waals surface area contributed by atoms with Crippen LogP contribution in [0, 0.1) is 10.1 Å². The van der Waals surface area contributed by atoms with E-state index < -0.39 is 34.8 Å². The zero-order valence-corrected chi connectivity index (χ0v) is 10.2. The Morgan fingerprint density at radius 3 is 2.05 bits per heavy atom. The third-order valence-corrected chi connectivity index (χ3v) is 2.24. The average Bonchev–Trinajstić information content (AvgIpc) is 2.32. The van der Waals surface area contributed by atoms with Crippen LogP contribution in [-0.4, -0.2) is 30.4 Å². The van der Waals surface area contributed by atoms with E-state index in [1.54, 1.807) is 0 Å². The van der Waals surface area contributed by atoms with Crippen molar-refractivity contribution in [3.8, 4) is 5.75 Å². The van der Waals surface area contributed by atoms with E-state index in [1.165, 1.54) is 7.05 Å². The summed E-state index contributed by atoms with van der Waals surface area (Å²) in [5, 5.41) is 12.9. The van der Waals surface area contributed by atoms with E-state index in [0.717, 1.165) is 12.1 Å². The lowest BCUT2D eigenvalue weighted by Gasteiger charge is -2.24. The van der Waals surface area contributed by atoms with E-state index in [9.17, 15) is 36.5 Å². The number of benzene rings is 1. The smallest absolute Gasteiger partial charge is 0.434 e. The Balaban J connectivity index is 3.21. The number of alkyl halides is 6. The topological polar surface area (TPSA) is 64.4 Å². The SMILES string of the molecule is CNc1cc(OC(C(F)(F)F)C(F)(F)F)cc([N+](=O)[O-])c1. The summed E-state index contributed by atoms with van der Waals surface area (Å²) in [7, 11) is 1.29. The molecule has 1 aromatic rings. The van der Waals surface area contributed by atoms with Crippen molar-refractivity contribution in [3.63, 3.8) is 0 Å². The number of nitro benzene ring substituents is 1. The maximum absolute atomic E-state index is 12.3. The molecule has 11 heteroatoms. The number of nitrogens with zero attached hydrogens (tertiary/aromatic N) is 1. The molecule has 0 saturated heterocycles. The number of hydrogen-bond acceptors (Lipinski definition) is 4. The highest BCUT2D eigenvalue weighted by atomic mass is 19.4. The molecule has 0 atom stereocenters. The number of nitrogens with one attached hydrogen (secondary N) is 1. The summed E-state index contributed by atoms with van der Waals surface area (Å²) in [6, 6.07) is 2.20. The van der Waals surface area contributed by atoms with Crippen LogP contribution in [-0.2, 0) is 0 Å². The van der Waals surface area contributed by atoms with Gasteiger partial charge in [0.25, 0.3) is 11.8 Å². The van der Waals surface area contributed by atoms with E-state index in [2.05, 4.69) is 10.1 Å². The molecule has 0 bridgehead atoms. The molecule has 0 heterocycles. The molecule has 1 N–H and O–H groups in total. The van der Waals surface area contributed by atoms with Crippen LogP contribution in [0.3, 0.4) is 0 Å². The minimum absolute atomic E-state index is 0.0673. The summed E-state index contributed by atoms with van der Waals surface area (Å²) in [5.41, 5.74) is -0.776. The number of ether oxygens (including phenoxy) is 1. The molecule has 0 radical (unpaired) electrons. The van der Waals surface area contributed by atoms with Crippen molar-refractivity contribution in [1.29, 1.82) is 0 Å². The summed E-state index contributed by atoms with van der Waals surface area (Å²) in [6.07, 6.45) is -15.5. The lowest BCUT2D eigenvalue weighted by Crippen LogP contribution is -2.46. The van der Waals surface area contributed by atoms with Crippen LogP contribution in [0.2, 0.25) is 0 Å². The normalized spacial score (nSPS) is 12.4. The number of rotatable bonds is 4. The molecule has 5 nitrogen and oxygen atoms in total. The van der Waals surface area contributed by atoms with Gasteiger partial charge in [0.05, 0.1) is 11.0 Å². The Kier molecular flexibility index (Phi) is 4.54. The van der Waals surface area contributed by atoms with Gasteiger partial charge in [-0.1, -0.05) is 0 Å². The van der Waals surface area contributed by atoms with Crippen LogP contribution in [0.4, 0.5) is 37.7 Å². The van der Waals surface area contributed by atoms with Crippen LogP contribution in [0.1, 0.15) is 0 Å². The molecule has 0 aliphatic heterocycles. The van der Waals surface area contributed by atoms with Gasteiger partial charge in [-0.25, -0.2) is 0 Å². The zero-order valence-electron chi connectivity index (χ0n) is 10.2. The monoisotopic (exact) mass is 318 g/mol. The van der Waals surface area contributed by atoms with Crippen LogP contribution in [0.5, 0.6) is 5.75 Å². The van der Waals surface area contributed by atoms with E-state index >= 15 is 0 Å². The predicted molar refractivity (Wildman–Crippen MR) is 59.2 cm³/mol. The van der Waals surface area contributed by atoms with Crippen LogP contribution >= 0.6 is 0 Å². The van der Waals surface area contributed by atoms with Gasteiger partial charge in [0.2, 0.25) is 0 Å². The maximum Gasteiger partial charge on any atom is 0.434 e. The Labute approximate surface area is 113 Å². The molecular weight excluding hydrogens is 310 g/mol. The van der Waals surface area contributed by atoms with Gasteiger partial charge < -0.3 is 10.1 Å². The van der Waals surface area contributed by atoms with Gasteiger partial charge >= 0.3 is 12.4 Å². The van der Waals surface area contributed by atoms with Crippen molar-refractivity contribution in [2.45, 2.75) is 18.5 Å². The first-order valence-corrected chi connectivity index (χ1v) is 5.22. The molecule has 0 amide bonds. The molecule has 1 aromatic carbocycles. The Morgan fingerprint density at radius 2 is 1.67 bits per heavy atom. The summed E-state index contributed by atoms with van der Waals surface area (Å²) in [4.78, 5) is 9.61. The highest BCUT2D eigenvalue weighted by molar-refractivity contribution is 5.56. The van der Waals surface area contributed by atoms with Crippen molar-refractivity contribution in [2.24, 2.45) is 0 Å². The number of non-ortho nitro benzene ring substituents is 1. The number of halogens is 6. The summed E-state index contributed by atoms with van der Waals surface area (Å²) in [6.45, 7) is 0. The second-order valence-corrected chi connectivity index (χ2v) is 3.80. The fourth-order valence-electron chi connectivity index (χ4n) is 1.36. The highest BCUT2D eigenvalue weighted by Crippen LogP contribution is 2.37. The molecule has 0 aliphatic carbocycles. The largest absolute Gasteiger partial charge is 0.471 e. The molecule has 0 fully saturated rings. The third kappa shape index (κ3) is 4.39. The van der Waals surface area contributed by atoms with E-state index in [4.69, 9.17) is 0 Å². The summed E-state index contributed by atoms with van der Waals surface area (Å²) in [5.74, 6) is -0.923. The predicted octanol–water partition coefficient (Wildman–Crippen LogP) is 3.51. The van der Waals surface area contributed by atoms with Gasteiger partial charge in [0.15, 0.2) is 0 Å². The summed E-state index contributed by atoms with van der Waals surface area (Å²) >= 11 is 0. The number of hydrogen-bond donors (Lipinski definition) is 1. The van der Waals surface area contributed by atoms with Crippen LogP contribution in [0.25, 0.3) is 0 Å². The van der Waals surface area contributed by atoms with E-state index in [1.807, 2.05) is 0 Å². The minimum atomic E-state index is -5.71. The fourth-order valence-corrected chi connectivity index (χ4v) is 1.36. The first-order valence-electron chi connectivity index (χ1n) is 5.22. The van der Waals surface area contributed by atoms with Gasteiger partial charge in [0, 0.05) is 24.9 Å². The molecule has 0 unspecified atom stereocenters. The van der Waals surface area contributed by atoms with Crippen molar-refractivity contribution < 1.29 is 36.0 Å². The van der Waals surface area contributed by atoms with Crippen molar-refractivity contribution >= 4 is 11.4 Å². The number of anilines is 1. The van der Waals surface area contributed by atoms with Gasteiger partial charge in [0.1, 0.15) is 5.75 Å². The Bertz CT molecular complexity index is 515. The second kappa shape index (κ2) is 5.66. The third-order valence-electron chi connectivity index (χ3n) is 2.24. The van der Waals surface area contributed by atoms with Crippen molar-refractivity contribution in [3.05, 3.63) is 28.3 Å². The van der Waals surface area contributed by atoms with Crippen molar-refractivity contribution in [1.82, 2.24) is 0 Å². The quantitative estimate of drug-likeness (QED) is 0.524. The molecular formula is C10H8F6N2O3. The lowest BCUT2D eigenvalue weighted by atomic mass is 10.2. The first-order chi connectivity index (χ1) is 9.45. The highest BCUT2D eigenvalue weighted by Gasteiger charge is 2.59. The van der Waals surface area contributed by atoms with Crippen LogP contribution < -0.4 is 10.1 Å². The van der Waals surface area contributed by atoms with Gasteiger partial charge in [-0.2, -0.15) is 26.3 Å². The fraction of sp³-hybridized carbons (Fsp3) is 0.400. The average molecular weight is 318 g/mol.